The molecule has 1 atom stereocenters. The first-order valence-corrected chi connectivity index (χ1v) is 13.2. The van der Waals surface area contributed by atoms with Crippen molar-refractivity contribution in [3.8, 4) is 17.1 Å². The van der Waals surface area contributed by atoms with Gasteiger partial charge in [0.15, 0.2) is 16.8 Å². The molecule has 0 amide bonds. The number of anilines is 1. The average molecular weight is 494 g/mol. The van der Waals surface area contributed by atoms with E-state index in [1.165, 1.54) is 11.8 Å². The van der Waals surface area contributed by atoms with Gasteiger partial charge < -0.3 is 0 Å². The van der Waals surface area contributed by atoms with Crippen LogP contribution in [0.15, 0.2) is 78.2 Å². The predicted molar refractivity (Wildman–Crippen MR) is 134 cm³/mol. The summed E-state index contributed by atoms with van der Waals surface area (Å²) < 4.78 is 27.2. The van der Waals surface area contributed by atoms with Crippen LogP contribution in [0.25, 0.3) is 17.1 Å². The summed E-state index contributed by atoms with van der Waals surface area (Å²) in [6, 6.07) is 18.0. The summed E-state index contributed by atoms with van der Waals surface area (Å²) in [5.41, 5.74) is 3.67. The summed E-state index contributed by atoms with van der Waals surface area (Å²) in [4.78, 5) is 17.3. The van der Waals surface area contributed by atoms with E-state index in [1.54, 1.807) is 36.7 Å². The molecule has 2 aromatic heterocycles. The summed E-state index contributed by atoms with van der Waals surface area (Å²) in [6.07, 6.45) is 4.51. The molecular formula is C24H23N5O3S2. The Morgan fingerprint density at radius 2 is 1.76 bits per heavy atom. The monoisotopic (exact) mass is 493 g/mol. The molecule has 0 fully saturated rings. The quantitative estimate of drug-likeness (QED) is 0.287. The molecule has 0 radical (unpaired) electrons. The van der Waals surface area contributed by atoms with E-state index in [1.807, 2.05) is 54.8 Å². The SMILES string of the molecule is Cc1ccccc1-n1c(SC(C)C(=O)c2ccc(NS(C)(=O)=O)cc2)nnc1-c1cccnc1. The van der Waals surface area contributed by atoms with Crippen molar-refractivity contribution in [2.24, 2.45) is 0 Å². The Kier molecular flexibility index (Phi) is 6.80. The first-order valence-electron chi connectivity index (χ1n) is 10.4. The van der Waals surface area contributed by atoms with Gasteiger partial charge in [0.2, 0.25) is 10.0 Å². The molecule has 10 heteroatoms. The standard InChI is InChI=1S/C24H23N5O3S2/c1-16-7-4-5-9-21(16)29-23(19-8-6-14-25-15-19)26-27-24(29)33-17(2)22(30)18-10-12-20(13-11-18)28-34(3,31)32/h4-15,17,28H,1-3H3. The van der Waals surface area contributed by atoms with Gasteiger partial charge in [0.25, 0.3) is 0 Å². The Balaban J connectivity index is 1.64. The van der Waals surface area contributed by atoms with E-state index < -0.39 is 15.3 Å². The highest BCUT2D eigenvalue weighted by Gasteiger charge is 2.23. The Labute approximate surface area is 202 Å². The van der Waals surface area contributed by atoms with Crippen molar-refractivity contribution in [2.45, 2.75) is 24.3 Å². The van der Waals surface area contributed by atoms with Gasteiger partial charge in [-0.3, -0.25) is 19.1 Å². The molecule has 0 spiro atoms. The lowest BCUT2D eigenvalue weighted by Crippen LogP contribution is -2.15. The fourth-order valence-corrected chi connectivity index (χ4v) is 4.92. The summed E-state index contributed by atoms with van der Waals surface area (Å²) >= 11 is 1.31. The molecule has 0 bridgehead atoms. The van der Waals surface area contributed by atoms with Gasteiger partial charge >= 0.3 is 0 Å². The maximum atomic E-state index is 13.1. The number of carbonyl (C=O) groups excluding carboxylic acids is 1. The van der Waals surface area contributed by atoms with Gasteiger partial charge in [0.1, 0.15) is 0 Å². The number of hydrogen-bond donors (Lipinski definition) is 1. The third kappa shape index (κ3) is 5.35. The van der Waals surface area contributed by atoms with E-state index in [0.29, 0.717) is 22.2 Å². The number of Topliss-reactive ketones (excluding diaryl/α,β-unsaturated/α-hetero) is 1. The number of carbonyl (C=O) groups is 1. The minimum atomic E-state index is -3.38. The Morgan fingerprint density at radius 1 is 1.03 bits per heavy atom. The maximum absolute atomic E-state index is 13.1. The second kappa shape index (κ2) is 9.78. The number of aromatic nitrogens is 4. The second-order valence-corrected chi connectivity index (χ2v) is 10.8. The van der Waals surface area contributed by atoms with Crippen LogP contribution in [-0.4, -0.2) is 45.5 Å². The molecule has 174 valence electrons. The fourth-order valence-electron chi connectivity index (χ4n) is 3.42. The third-order valence-corrected chi connectivity index (χ3v) is 6.68. The lowest BCUT2D eigenvalue weighted by Gasteiger charge is -2.15. The van der Waals surface area contributed by atoms with Crippen molar-refractivity contribution in [3.05, 3.63) is 84.2 Å². The van der Waals surface area contributed by atoms with E-state index in [4.69, 9.17) is 0 Å². The number of ketones is 1. The second-order valence-electron chi connectivity index (χ2n) is 7.75. The van der Waals surface area contributed by atoms with Gasteiger partial charge in [-0.2, -0.15) is 0 Å². The molecular weight excluding hydrogens is 470 g/mol. The molecule has 4 rings (SSSR count). The summed E-state index contributed by atoms with van der Waals surface area (Å²) in [5, 5.41) is 8.94. The molecule has 0 aliphatic heterocycles. The molecule has 34 heavy (non-hydrogen) atoms. The van der Waals surface area contributed by atoms with Gasteiger partial charge in [0, 0.05) is 29.2 Å². The Hall–Kier alpha value is -3.50. The number of para-hydroxylation sites is 1. The largest absolute Gasteiger partial charge is 0.293 e. The van der Waals surface area contributed by atoms with E-state index in [-0.39, 0.29) is 5.78 Å². The zero-order chi connectivity index (χ0) is 24.3. The minimum Gasteiger partial charge on any atom is -0.293 e. The fraction of sp³-hybridized carbons (Fsp3) is 0.167. The van der Waals surface area contributed by atoms with Crippen molar-refractivity contribution in [2.75, 3.05) is 11.0 Å². The zero-order valence-corrected chi connectivity index (χ0v) is 20.5. The van der Waals surface area contributed by atoms with Crippen LogP contribution in [-0.2, 0) is 10.0 Å². The van der Waals surface area contributed by atoms with Crippen LogP contribution in [0.4, 0.5) is 5.69 Å². The van der Waals surface area contributed by atoms with Crippen molar-refractivity contribution < 1.29 is 13.2 Å². The van der Waals surface area contributed by atoms with Crippen LogP contribution in [0, 0.1) is 6.92 Å². The molecule has 1 unspecified atom stereocenters. The normalized spacial score (nSPS) is 12.3. The number of nitrogens with zero attached hydrogens (tertiary/aromatic N) is 4. The van der Waals surface area contributed by atoms with E-state index in [2.05, 4.69) is 19.9 Å². The highest BCUT2D eigenvalue weighted by Crippen LogP contribution is 2.32. The van der Waals surface area contributed by atoms with Gasteiger partial charge in [-0.1, -0.05) is 30.0 Å². The summed E-state index contributed by atoms with van der Waals surface area (Å²) in [7, 11) is -3.38. The molecule has 0 saturated heterocycles. The molecule has 2 heterocycles. The molecule has 1 N–H and O–H groups in total. The number of pyridine rings is 1. The molecule has 8 nitrogen and oxygen atoms in total. The van der Waals surface area contributed by atoms with Crippen LogP contribution in [0.2, 0.25) is 0 Å². The molecule has 0 aliphatic rings. The number of benzene rings is 2. The summed E-state index contributed by atoms with van der Waals surface area (Å²) in [6.45, 7) is 3.83. The van der Waals surface area contributed by atoms with Crippen LogP contribution in [0.5, 0.6) is 0 Å². The summed E-state index contributed by atoms with van der Waals surface area (Å²) in [5.74, 6) is 0.541. The smallest absolute Gasteiger partial charge is 0.229 e. The van der Waals surface area contributed by atoms with Gasteiger partial charge in [-0.25, -0.2) is 8.42 Å². The minimum absolute atomic E-state index is 0.0989. The van der Waals surface area contributed by atoms with Crippen LogP contribution >= 0.6 is 11.8 Å². The highest BCUT2D eigenvalue weighted by atomic mass is 32.2. The average Bonchev–Trinajstić information content (AvgIpc) is 3.22. The van der Waals surface area contributed by atoms with Crippen molar-refractivity contribution in [1.82, 2.24) is 19.7 Å². The lowest BCUT2D eigenvalue weighted by molar-refractivity contribution is 0.0994. The van der Waals surface area contributed by atoms with Crippen LogP contribution < -0.4 is 4.72 Å². The number of thioether (sulfide) groups is 1. The Bertz CT molecular complexity index is 1420. The first kappa shape index (κ1) is 23.7. The van der Waals surface area contributed by atoms with Crippen molar-refractivity contribution in [3.63, 3.8) is 0 Å². The topological polar surface area (TPSA) is 107 Å². The highest BCUT2D eigenvalue weighted by molar-refractivity contribution is 8.00. The number of sulfonamides is 1. The number of hydrogen-bond acceptors (Lipinski definition) is 7. The van der Waals surface area contributed by atoms with Gasteiger partial charge in [-0.15, -0.1) is 10.2 Å². The van der Waals surface area contributed by atoms with Crippen molar-refractivity contribution >= 4 is 33.3 Å². The first-order chi connectivity index (χ1) is 16.2. The zero-order valence-electron chi connectivity index (χ0n) is 18.8. The Morgan fingerprint density at radius 3 is 2.41 bits per heavy atom. The predicted octanol–water partition coefficient (Wildman–Crippen LogP) is 4.37. The molecule has 2 aromatic carbocycles. The van der Waals surface area contributed by atoms with Gasteiger partial charge in [0.05, 0.1) is 17.2 Å². The maximum Gasteiger partial charge on any atom is 0.229 e. The number of aryl methyl sites for hydroxylation is 1. The number of nitrogens with one attached hydrogen (secondary N) is 1. The van der Waals surface area contributed by atoms with Gasteiger partial charge in [-0.05, 0) is 61.9 Å². The number of rotatable bonds is 8. The lowest BCUT2D eigenvalue weighted by atomic mass is 10.1. The van der Waals surface area contributed by atoms with E-state index >= 15 is 0 Å². The van der Waals surface area contributed by atoms with Crippen LogP contribution in [0.1, 0.15) is 22.8 Å². The molecule has 4 aromatic rings. The van der Waals surface area contributed by atoms with E-state index in [0.717, 1.165) is 23.1 Å². The third-order valence-electron chi connectivity index (χ3n) is 5.03. The van der Waals surface area contributed by atoms with Crippen LogP contribution in [0.3, 0.4) is 0 Å². The molecule has 0 aliphatic carbocycles. The van der Waals surface area contributed by atoms with E-state index in [9.17, 15) is 13.2 Å². The molecule has 0 saturated carbocycles. The van der Waals surface area contributed by atoms with Crippen molar-refractivity contribution in [1.29, 1.82) is 0 Å².